The summed E-state index contributed by atoms with van der Waals surface area (Å²) in [5, 5.41) is 0. The van der Waals surface area contributed by atoms with Gasteiger partial charge in [0.15, 0.2) is 0 Å². The van der Waals surface area contributed by atoms with Gasteiger partial charge in [-0.3, -0.25) is 5.73 Å². The molecule has 0 aromatic carbocycles. The first-order valence-corrected chi connectivity index (χ1v) is 3.36. The van der Waals surface area contributed by atoms with Gasteiger partial charge >= 0.3 is 0 Å². The van der Waals surface area contributed by atoms with Crippen molar-refractivity contribution in [2.24, 2.45) is 11.3 Å². The van der Waals surface area contributed by atoms with E-state index in [4.69, 9.17) is 5.73 Å². The molecule has 0 amide bonds. The Morgan fingerprint density at radius 3 is 2.00 bits per heavy atom. The summed E-state index contributed by atoms with van der Waals surface area (Å²) in [7, 11) is 0. The third-order valence-corrected chi connectivity index (χ3v) is 2.47. The summed E-state index contributed by atoms with van der Waals surface area (Å²) in [5.74, 6) is 0.736. The molecule has 0 saturated heterocycles. The zero-order valence-corrected chi connectivity index (χ0v) is 5.70. The fourth-order valence-corrected chi connectivity index (χ4v) is 1.12. The molecule has 1 nitrogen and oxygen atoms in total. The van der Waals surface area contributed by atoms with E-state index in [1.807, 2.05) is 0 Å². The third kappa shape index (κ3) is 0.752. The summed E-state index contributed by atoms with van der Waals surface area (Å²) in [6, 6.07) is 0. The van der Waals surface area contributed by atoms with Gasteiger partial charge in [0.25, 0.3) is 0 Å². The van der Waals surface area contributed by atoms with Crippen molar-refractivity contribution in [3.05, 3.63) is 0 Å². The van der Waals surface area contributed by atoms with Gasteiger partial charge in [-0.2, -0.15) is 0 Å². The maximum Gasteiger partial charge on any atom is 0.0159 e. The van der Waals surface area contributed by atoms with Gasteiger partial charge in [0.05, 0.1) is 0 Å². The van der Waals surface area contributed by atoms with Crippen LogP contribution < -0.4 is 5.73 Å². The number of rotatable bonds is 2. The molecule has 0 aromatic rings. The Labute approximate surface area is 51.3 Å². The Bertz CT molecular complexity index is 82.4. The van der Waals surface area contributed by atoms with E-state index in [1.54, 1.807) is 0 Å². The smallest absolute Gasteiger partial charge is 0.0159 e. The van der Waals surface area contributed by atoms with Crippen LogP contribution in [-0.4, -0.2) is 6.54 Å². The standard InChI is InChI=1S/C7H14N/c1-6(2)7(5-8)3-4-7/h6,8H,3-5H2,1-2H3. The Balaban J connectivity index is 2.41. The average Bonchev–Trinajstić information content (AvgIpc) is 2.44. The highest BCUT2D eigenvalue weighted by atomic mass is 14.7. The van der Waals surface area contributed by atoms with Crippen molar-refractivity contribution >= 4 is 0 Å². The fraction of sp³-hybridized carbons (Fsp3) is 1.00. The summed E-state index contributed by atoms with van der Waals surface area (Å²) >= 11 is 0. The predicted molar refractivity (Wildman–Crippen MR) is 34.5 cm³/mol. The molecule has 0 spiro atoms. The molecule has 1 aliphatic rings. The molecule has 1 heteroatoms. The highest BCUT2D eigenvalue weighted by molar-refractivity contribution is 4.95. The van der Waals surface area contributed by atoms with Crippen LogP contribution in [0.3, 0.4) is 0 Å². The lowest BCUT2D eigenvalue weighted by molar-refractivity contribution is 0.366. The monoisotopic (exact) mass is 112 g/mol. The van der Waals surface area contributed by atoms with Crippen LogP contribution in [0.4, 0.5) is 0 Å². The summed E-state index contributed by atoms with van der Waals surface area (Å²) in [5.41, 5.74) is 7.66. The van der Waals surface area contributed by atoms with Crippen molar-refractivity contribution in [2.75, 3.05) is 6.54 Å². The number of hydrogen-bond donors (Lipinski definition) is 0. The molecule has 1 fully saturated rings. The summed E-state index contributed by atoms with van der Waals surface area (Å²) in [6.45, 7) is 5.09. The van der Waals surface area contributed by atoms with E-state index in [0.29, 0.717) is 12.0 Å². The molecule has 1 radical (unpaired) electrons. The van der Waals surface area contributed by atoms with Gasteiger partial charge in [-0.05, 0) is 24.2 Å². The first kappa shape index (κ1) is 6.09. The normalized spacial score (nSPS) is 24.0. The molecule has 8 heavy (non-hydrogen) atoms. The van der Waals surface area contributed by atoms with E-state index in [9.17, 15) is 0 Å². The maximum absolute atomic E-state index is 7.20. The number of nitrogens with one attached hydrogen (secondary N) is 1. The van der Waals surface area contributed by atoms with E-state index in [-0.39, 0.29) is 0 Å². The molecule has 0 heterocycles. The fourth-order valence-electron chi connectivity index (χ4n) is 1.12. The van der Waals surface area contributed by atoms with Crippen LogP contribution in [0.2, 0.25) is 0 Å². The Morgan fingerprint density at radius 1 is 1.50 bits per heavy atom. The molecule has 0 aliphatic heterocycles. The molecule has 1 aliphatic carbocycles. The Morgan fingerprint density at radius 2 is 2.00 bits per heavy atom. The van der Waals surface area contributed by atoms with Crippen LogP contribution in [0.5, 0.6) is 0 Å². The molecule has 0 atom stereocenters. The molecule has 1 saturated carbocycles. The average molecular weight is 112 g/mol. The van der Waals surface area contributed by atoms with Crippen LogP contribution in [0, 0.1) is 11.3 Å². The van der Waals surface area contributed by atoms with E-state index in [1.165, 1.54) is 12.8 Å². The quantitative estimate of drug-likeness (QED) is 0.519. The van der Waals surface area contributed by atoms with Crippen LogP contribution in [0.1, 0.15) is 26.7 Å². The van der Waals surface area contributed by atoms with Gasteiger partial charge in [0.1, 0.15) is 0 Å². The molecule has 1 N–H and O–H groups in total. The second-order valence-corrected chi connectivity index (χ2v) is 3.19. The van der Waals surface area contributed by atoms with E-state index in [0.717, 1.165) is 5.92 Å². The molecule has 1 rings (SSSR count). The van der Waals surface area contributed by atoms with Gasteiger partial charge < -0.3 is 0 Å². The predicted octanol–water partition coefficient (Wildman–Crippen LogP) is 1.71. The number of hydrogen-bond acceptors (Lipinski definition) is 0. The van der Waals surface area contributed by atoms with Crippen molar-refractivity contribution in [3.8, 4) is 0 Å². The Kier molecular flexibility index (Phi) is 1.31. The summed E-state index contributed by atoms with van der Waals surface area (Å²) in [6.07, 6.45) is 2.60. The lowest BCUT2D eigenvalue weighted by Gasteiger charge is -2.14. The molecular formula is C7H14N. The minimum Gasteiger partial charge on any atom is -0.257 e. The Hall–Kier alpha value is -0.0400. The first-order chi connectivity index (χ1) is 3.71. The van der Waals surface area contributed by atoms with Crippen molar-refractivity contribution in [3.63, 3.8) is 0 Å². The minimum atomic E-state index is 0.458. The molecular weight excluding hydrogens is 98.1 g/mol. The van der Waals surface area contributed by atoms with Gasteiger partial charge in [-0.15, -0.1) is 0 Å². The van der Waals surface area contributed by atoms with Crippen molar-refractivity contribution in [1.82, 2.24) is 5.73 Å². The molecule has 0 aromatic heterocycles. The van der Waals surface area contributed by atoms with Gasteiger partial charge in [0.2, 0.25) is 0 Å². The van der Waals surface area contributed by atoms with Crippen molar-refractivity contribution < 1.29 is 0 Å². The van der Waals surface area contributed by atoms with Crippen LogP contribution in [0.15, 0.2) is 0 Å². The zero-order chi connectivity index (χ0) is 6.20. The second kappa shape index (κ2) is 1.73. The van der Waals surface area contributed by atoms with Crippen LogP contribution in [0.25, 0.3) is 0 Å². The van der Waals surface area contributed by atoms with E-state index < -0.39 is 0 Å². The first-order valence-electron chi connectivity index (χ1n) is 3.36. The zero-order valence-electron chi connectivity index (χ0n) is 5.70. The maximum atomic E-state index is 7.20. The second-order valence-electron chi connectivity index (χ2n) is 3.19. The van der Waals surface area contributed by atoms with Gasteiger partial charge in [-0.1, -0.05) is 13.8 Å². The van der Waals surface area contributed by atoms with Crippen LogP contribution >= 0.6 is 0 Å². The minimum absolute atomic E-state index is 0.458. The largest absolute Gasteiger partial charge is 0.257 e. The highest BCUT2D eigenvalue weighted by Gasteiger charge is 2.43. The summed E-state index contributed by atoms with van der Waals surface area (Å²) < 4.78 is 0. The van der Waals surface area contributed by atoms with Crippen molar-refractivity contribution in [2.45, 2.75) is 26.7 Å². The van der Waals surface area contributed by atoms with Gasteiger partial charge in [-0.25, -0.2) is 0 Å². The van der Waals surface area contributed by atoms with E-state index >= 15 is 0 Å². The topological polar surface area (TPSA) is 23.8 Å². The SMILES string of the molecule is CC(C)C1(C[NH])CC1. The van der Waals surface area contributed by atoms with Gasteiger partial charge in [0, 0.05) is 6.54 Å². The molecule has 0 bridgehead atoms. The van der Waals surface area contributed by atoms with E-state index in [2.05, 4.69) is 13.8 Å². The summed E-state index contributed by atoms with van der Waals surface area (Å²) in [4.78, 5) is 0. The lowest BCUT2D eigenvalue weighted by Crippen LogP contribution is -2.14. The molecule has 0 unspecified atom stereocenters. The van der Waals surface area contributed by atoms with Crippen LogP contribution in [-0.2, 0) is 0 Å². The molecule has 47 valence electrons. The van der Waals surface area contributed by atoms with Crippen molar-refractivity contribution in [1.29, 1.82) is 0 Å². The highest BCUT2D eigenvalue weighted by Crippen LogP contribution is 2.50. The lowest BCUT2D eigenvalue weighted by atomic mass is 9.93. The third-order valence-electron chi connectivity index (χ3n) is 2.47.